The normalized spacial score (nSPS) is 9.72. The van der Waals surface area contributed by atoms with Crippen molar-refractivity contribution in [2.24, 2.45) is 0 Å². The number of allylic oxidation sites excluding steroid dienone is 1. The van der Waals surface area contributed by atoms with Gasteiger partial charge in [0.2, 0.25) is 0 Å². The van der Waals surface area contributed by atoms with E-state index >= 15 is 0 Å². The smallest absolute Gasteiger partial charge is 0.159 e. The molecule has 0 unspecified atom stereocenters. The zero-order chi connectivity index (χ0) is 13.0. The minimum Gasteiger partial charge on any atom is -0.507 e. The number of nitrogens with zero attached hydrogens (tertiary/aromatic N) is 3. The van der Waals surface area contributed by atoms with E-state index in [0.29, 0.717) is 11.4 Å². The molecule has 0 atom stereocenters. The van der Waals surface area contributed by atoms with E-state index in [-0.39, 0.29) is 11.3 Å². The molecule has 18 heavy (non-hydrogen) atoms. The molecular formula is C14H11N3O. The quantitative estimate of drug-likeness (QED) is 0.832. The second-order valence-corrected chi connectivity index (χ2v) is 3.75. The molecule has 0 aliphatic heterocycles. The van der Waals surface area contributed by atoms with Crippen molar-refractivity contribution in [1.82, 2.24) is 9.97 Å². The predicted octanol–water partition coefficient (Wildman–Crippen LogP) is 2.45. The molecule has 0 amide bonds. The van der Waals surface area contributed by atoms with E-state index in [0.717, 1.165) is 12.0 Å². The highest BCUT2D eigenvalue weighted by Crippen LogP contribution is 2.22. The van der Waals surface area contributed by atoms with Crippen molar-refractivity contribution in [3.8, 4) is 23.2 Å². The van der Waals surface area contributed by atoms with Gasteiger partial charge in [-0.1, -0.05) is 6.08 Å². The zero-order valence-electron chi connectivity index (χ0n) is 9.67. The molecule has 0 bridgehead atoms. The highest BCUT2D eigenvalue weighted by molar-refractivity contribution is 5.60. The van der Waals surface area contributed by atoms with E-state index in [1.165, 1.54) is 6.07 Å². The summed E-state index contributed by atoms with van der Waals surface area (Å²) >= 11 is 0. The van der Waals surface area contributed by atoms with Gasteiger partial charge in [-0.3, -0.25) is 0 Å². The Kier molecular flexibility index (Phi) is 3.35. The molecule has 88 valence electrons. The third-order valence-electron chi connectivity index (χ3n) is 2.46. The van der Waals surface area contributed by atoms with E-state index in [9.17, 15) is 5.11 Å². The van der Waals surface area contributed by atoms with Gasteiger partial charge in [0.25, 0.3) is 0 Å². The van der Waals surface area contributed by atoms with Gasteiger partial charge in [-0.05, 0) is 30.2 Å². The average molecular weight is 237 g/mol. The third-order valence-corrected chi connectivity index (χ3v) is 2.46. The largest absolute Gasteiger partial charge is 0.507 e. The molecule has 0 radical (unpaired) electrons. The molecule has 4 nitrogen and oxygen atoms in total. The van der Waals surface area contributed by atoms with Crippen LogP contribution in [0, 0.1) is 11.3 Å². The maximum atomic E-state index is 9.42. The van der Waals surface area contributed by atoms with Gasteiger partial charge >= 0.3 is 0 Å². The minimum absolute atomic E-state index is 0.0375. The van der Waals surface area contributed by atoms with Crippen molar-refractivity contribution in [3.05, 3.63) is 54.4 Å². The lowest BCUT2D eigenvalue weighted by Gasteiger charge is -2.02. The molecule has 0 spiro atoms. The van der Waals surface area contributed by atoms with Gasteiger partial charge in [0.1, 0.15) is 11.8 Å². The summed E-state index contributed by atoms with van der Waals surface area (Å²) in [5.41, 5.74) is 1.90. The lowest BCUT2D eigenvalue weighted by atomic mass is 10.1. The Hall–Kier alpha value is -2.67. The molecule has 0 aliphatic rings. The first-order chi connectivity index (χ1) is 8.74. The van der Waals surface area contributed by atoms with Gasteiger partial charge in [0.05, 0.1) is 5.56 Å². The number of aromatic hydroxyl groups is 1. The van der Waals surface area contributed by atoms with Crippen LogP contribution in [0.4, 0.5) is 0 Å². The average Bonchev–Trinajstić information content (AvgIpc) is 2.41. The summed E-state index contributed by atoms with van der Waals surface area (Å²) in [5, 5.41) is 18.3. The van der Waals surface area contributed by atoms with Crippen molar-refractivity contribution in [2.45, 2.75) is 6.42 Å². The van der Waals surface area contributed by atoms with Crippen LogP contribution in [0.2, 0.25) is 0 Å². The molecule has 0 aliphatic carbocycles. The van der Waals surface area contributed by atoms with Crippen LogP contribution in [0.25, 0.3) is 11.4 Å². The van der Waals surface area contributed by atoms with Gasteiger partial charge in [-0.15, -0.1) is 6.58 Å². The summed E-state index contributed by atoms with van der Waals surface area (Å²) in [7, 11) is 0. The van der Waals surface area contributed by atoms with Crippen molar-refractivity contribution in [1.29, 1.82) is 5.26 Å². The molecule has 0 saturated carbocycles. The molecule has 0 saturated heterocycles. The first kappa shape index (κ1) is 11.8. The van der Waals surface area contributed by atoms with E-state index in [4.69, 9.17) is 5.26 Å². The maximum absolute atomic E-state index is 9.42. The van der Waals surface area contributed by atoms with Crippen molar-refractivity contribution in [3.63, 3.8) is 0 Å². The second-order valence-electron chi connectivity index (χ2n) is 3.75. The number of rotatable bonds is 3. The number of benzene rings is 1. The van der Waals surface area contributed by atoms with Gasteiger partial charge in [0, 0.05) is 18.0 Å². The molecule has 4 heteroatoms. The first-order valence-corrected chi connectivity index (χ1v) is 5.40. The first-order valence-electron chi connectivity index (χ1n) is 5.40. The van der Waals surface area contributed by atoms with Crippen LogP contribution in [-0.4, -0.2) is 15.1 Å². The van der Waals surface area contributed by atoms with Crippen LogP contribution in [0.1, 0.15) is 11.1 Å². The predicted molar refractivity (Wildman–Crippen MR) is 67.7 cm³/mol. The summed E-state index contributed by atoms with van der Waals surface area (Å²) < 4.78 is 0. The summed E-state index contributed by atoms with van der Waals surface area (Å²) in [6, 6.07) is 6.63. The Morgan fingerprint density at radius 3 is 2.67 bits per heavy atom. The summed E-state index contributed by atoms with van der Waals surface area (Å²) in [5.74, 6) is 0.490. The number of hydrogen-bond donors (Lipinski definition) is 1. The van der Waals surface area contributed by atoms with Gasteiger partial charge < -0.3 is 5.11 Å². The lowest BCUT2D eigenvalue weighted by Crippen LogP contribution is -1.92. The minimum atomic E-state index is -0.0375. The highest BCUT2D eigenvalue weighted by atomic mass is 16.3. The van der Waals surface area contributed by atoms with Gasteiger partial charge in [0.15, 0.2) is 5.82 Å². The fourth-order valence-electron chi connectivity index (χ4n) is 1.54. The molecule has 1 aromatic heterocycles. The van der Waals surface area contributed by atoms with E-state index in [2.05, 4.69) is 16.5 Å². The molecular weight excluding hydrogens is 226 g/mol. The van der Waals surface area contributed by atoms with Crippen molar-refractivity contribution < 1.29 is 5.11 Å². The number of phenols is 1. The fourth-order valence-corrected chi connectivity index (χ4v) is 1.54. The van der Waals surface area contributed by atoms with Crippen LogP contribution in [0.15, 0.2) is 43.2 Å². The Morgan fingerprint density at radius 2 is 2.06 bits per heavy atom. The molecule has 1 aromatic carbocycles. The SMILES string of the molecule is C=CCc1cnc(-c2ccc(O)c(C#N)c2)nc1. The van der Waals surface area contributed by atoms with Crippen LogP contribution >= 0.6 is 0 Å². The summed E-state index contributed by atoms with van der Waals surface area (Å²) in [6.45, 7) is 3.65. The molecule has 0 fully saturated rings. The van der Waals surface area contributed by atoms with Crippen molar-refractivity contribution in [2.75, 3.05) is 0 Å². The molecule has 2 rings (SSSR count). The molecule has 1 heterocycles. The lowest BCUT2D eigenvalue weighted by molar-refractivity contribution is 0.473. The molecule has 2 aromatic rings. The van der Waals surface area contributed by atoms with Crippen LogP contribution < -0.4 is 0 Å². The van der Waals surface area contributed by atoms with E-state index < -0.39 is 0 Å². The number of aromatic nitrogens is 2. The summed E-state index contributed by atoms with van der Waals surface area (Å²) in [6.07, 6.45) is 5.96. The van der Waals surface area contributed by atoms with Crippen LogP contribution in [-0.2, 0) is 6.42 Å². The topological polar surface area (TPSA) is 69.8 Å². The summed E-state index contributed by atoms with van der Waals surface area (Å²) in [4.78, 5) is 8.45. The number of phenolic OH excluding ortho intramolecular Hbond substituents is 1. The maximum Gasteiger partial charge on any atom is 0.159 e. The van der Waals surface area contributed by atoms with E-state index in [1.54, 1.807) is 30.6 Å². The fraction of sp³-hybridized carbons (Fsp3) is 0.0714. The number of nitriles is 1. The Labute approximate surface area is 105 Å². The third kappa shape index (κ3) is 2.36. The second kappa shape index (κ2) is 5.11. The monoisotopic (exact) mass is 237 g/mol. The Morgan fingerprint density at radius 1 is 1.33 bits per heavy atom. The standard InChI is InChI=1S/C14H11N3O/c1-2-3-10-8-16-14(17-9-10)11-4-5-13(18)12(6-11)7-15/h2,4-6,8-9,18H,1,3H2. The van der Waals surface area contributed by atoms with Gasteiger partial charge in [-0.2, -0.15) is 5.26 Å². The van der Waals surface area contributed by atoms with E-state index in [1.807, 2.05) is 6.07 Å². The van der Waals surface area contributed by atoms with Crippen LogP contribution in [0.5, 0.6) is 5.75 Å². The Bertz CT molecular complexity index is 612. The Balaban J connectivity index is 2.37. The highest BCUT2D eigenvalue weighted by Gasteiger charge is 2.06. The zero-order valence-corrected chi connectivity index (χ0v) is 9.67. The van der Waals surface area contributed by atoms with Gasteiger partial charge in [-0.25, -0.2) is 9.97 Å². The van der Waals surface area contributed by atoms with Crippen LogP contribution in [0.3, 0.4) is 0 Å². The van der Waals surface area contributed by atoms with Crippen molar-refractivity contribution >= 4 is 0 Å². The molecule has 1 N–H and O–H groups in total. The number of hydrogen-bond acceptors (Lipinski definition) is 4.